The average molecular weight is 491 g/mol. The zero-order chi connectivity index (χ0) is 25.7. The van der Waals surface area contributed by atoms with Crippen LogP contribution in [0.4, 0.5) is 0 Å². The molecule has 1 saturated heterocycles. The van der Waals surface area contributed by atoms with Gasteiger partial charge in [-0.25, -0.2) is 0 Å². The quantitative estimate of drug-likeness (QED) is 0.510. The predicted octanol–water partition coefficient (Wildman–Crippen LogP) is -0.473. The van der Waals surface area contributed by atoms with Gasteiger partial charge >= 0.3 is 0 Å². The van der Waals surface area contributed by atoms with E-state index in [0.29, 0.717) is 18.8 Å². The van der Waals surface area contributed by atoms with Crippen molar-refractivity contribution in [2.75, 3.05) is 33.3 Å². The number of amides is 4. The molecular weight excluding hydrogens is 456 g/mol. The molecule has 3 rings (SSSR count). The highest BCUT2D eigenvalue weighted by atomic mass is 16.5. The summed E-state index contributed by atoms with van der Waals surface area (Å²) in [4.78, 5) is 55.3. The Kier molecular flexibility index (Phi) is 8.68. The molecule has 192 valence electrons. The molecule has 2 aliphatic rings. The molecule has 0 aromatic heterocycles. The number of fused-ring (bicyclic) bond motifs is 1. The van der Waals surface area contributed by atoms with Crippen LogP contribution in [0, 0.1) is 0 Å². The minimum atomic E-state index is -1.21. The number of benzene rings is 1. The van der Waals surface area contributed by atoms with Crippen LogP contribution in [0.1, 0.15) is 37.6 Å². The minimum Gasteiger partial charge on any atom is -0.491 e. The Morgan fingerprint density at radius 2 is 1.77 bits per heavy atom. The van der Waals surface area contributed by atoms with Crippen molar-refractivity contribution < 1.29 is 33.8 Å². The summed E-state index contributed by atoms with van der Waals surface area (Å²) in [5.74, 6) is -1.84. The van der Waals surface area contributed by atoms with E-state index in [0.717, 1.165) is 0 Å². The van der Waals surface area contributed by atoms with Gasteiger partial charge in [0.05, 0.1) is 36.8 Å². The number of morpholine rings is 1. The number of aliphatic hydroxyl groups is 1. The highest BCUT2D eigenvalue weighted by molar-refractivity contribution is 6.01. The number of rotatable bonds is 2. The number of carbonyl (C=O) groups is 4. The smallest absolute Gasteiger partial charge is 0.255 e. The van der Waals surface area contributed by atoms with Gasteiger partial charge in [-0.1, -0.05) is 12.1 Å². The molecule has 0 bridgehead atoms. The van der Waals surface area contributed by atoms with Gasteiger partial charge in [0, 0.05) is 20.1 Å². The van der Waals surface area contributed by atoms with Crippen LogP contribution in [0.3, 0.4) is 0 Å². The molecule has 11 nitrogen and oxygen atoms in total. The van der Waals surface area contributed by atoms with Gasteiger partial charge in [-0.05, 0) is 32.9 Å². The van der Waals surface area contributed by atoms with E-state index < -0.39 is 48.2 Å². The molecule has 11 heteroatoms. The number of nitrogens with zero attached hydrogens (tertiary/aromatic N) is 2. The van der Waals surface area contributed by atoms with Crippen molar-refractivity contribution in [1.82, 2.24) is 20.4 Å². The van der Waals surface area contributed by atoms with Crippen molar-refractivity contribution in [3.63, 3.8) is 0 Å². The van der Waals surface area contributed by atoms with Crippen LogP contribution in [0.5, 0.6) is 5.75 Å². The van der Waals surface area contributed by atoms with Crippen molar-refractivity contribution in [3.8, 4) is 5.75 Å². The van der Waals surface area contributed by atoms with Gasteiger partial charge in [0.15, 0.2) is 0 Å². The summed E-state index contributed by atoms with van der Waals surface area (Å²) >= 11 is 0. The third kappa shape index (κ3) is 6.70. The summed E-state index contributed by atoms with van der Waals surface area (Å²) in [6.45, 7) is 5.97. The molecule has 2 heterocycles. The third-order valence-corrected chi connectivity index (χ3v) is 5.98. The van der Waals surface area contributed by atoms with Crippen LogP contribution >= 0.6 is 0 Å². The van der Waals surface area contributed by atoms with Crippen LogP contribution < -0.4 is 15.4 Å². The molecule has 0 spiro atoms. The minimum absolute atomic E-state index is 0.0823. The molecule has 1 aromatic rings. The Morgan fingerprint density at radius 3 is 2.43 bits per heavy atom. The summed E-state index contributed by atoms with van der Waals surface area (Å²) in [7, 11) is 1.53. The van der Waals surface area contributed by atoms with E-state index in [1.54, 1.807) is 29.2 Å². The molecule has 35 heavy (non-hydrogen) atoms. The van der Waals surface area contributed by atoms with Crippen molar-refractivity contribution in [3.05, 3.63) is 29.8 Å². The maximum absolute atomic E-state index is 13.4. The van der Waals surface area contributed by atoms with E-state index in [1.165, 1.54) is 18.9 Å². The number of para-hydroxylation sites is 1. The predicted molar refractivity (Wildman–Crippen MR) is 126 cm³/mol. The van der Waals surface area contributed by atoms with Gasteiger partial charge in [0.25, 0.3) is 5.91 Å². The maximum atomic E-state index is 13.4. The average Bonchev–Trinajstić information content (AvgIpc) is 2.80. The molecule has 0 radical (unpaired) electrons. The van der Waals surface area contributed by atoms with E-state index in [1.807, 2.05) is 13.8 Å². The lowest BCUT2D eigenvalue weighted by Crippen LogP contribution is -2.58. The standard InChI is InChI=1S/C24H34N4O7/c1-14-12-28(13-15(2)35-14)23(32)18-11-20(30)26-21(16(3)29)24(33)27(4)9-10-34-19-8-6-5-7-17(19)22(31)25-18/h5-8,14-16,18,21,29H,9-13H2,1-4H3,(H,25,31)(H,26,30)/t14-,15+,16-,18+,21+/m1/s1. The van der Waals surface area contributed by atoms with E-state index >= 15 is 0 Å². The lowest BCUT2D eigenvalue weighted by atomic mass is 10.1. The monoisotopic (exact) mass is 490 g/mol. The Bertz CT molecular complexity index is 944. The van der Waals surface area contributed by atoms with E-state index in [-0.39, 0.29) is 30.9 Å². The van der Waals surface area contributed by atoms with E-state index in [9.17, 15) is 24.3 Å². The molecule has 4 amide bonds. The Hall–Kier alpha value is -3.18. The Balaban J connectivity index is 1.93. The van der Waals surface area contributed by atoms with Crippen LogP contribution in [-0.2, 0) is 19.1 Å². The van der Waals surface area contributed by atoms with Crippen molar-refractivity contribution in [2.45, 2.75) is 57.6 Å². The zero-order valence-corrected chi connectivity index (χ0v) is 20.5. The van der Waals surface area contributed by atoms with Gasteiger partial charge in [0.2, 0.25) is 17.7 Å². The highest BCUT2D eigenvalue weighted by Gasteiger charge is 2.35. The number of nitrogens with one attached hydrogen (secondary N) is 2. The second-order valence-corrected chi connectivity index (χ2v) is 9.12. The molecule has 0 aliphatic carbocycles. The normalized spacial score (nSPS) is 27.6. The summed E-state index contributed by atoms with van der Waals surface area (Å²) in [6.07, 6.45) is -1.98. The van der Waals surface area contributed by atoms with Crippen LogP contribution in [-0.4, -0.2) is 102 Å². The molecule has 3 N–H and O–H groups in total. The van der Waals surface area contributed by atoms with Crippen molar-refractivity contribution in [2.24, 2.45) is 0 Å². The first-order valence-electron chi connectivity index (χ1n) is 11.8. The molecule has 2 aliphatic heterocycles. The Labute approximate surface area is 204 Å². The number of hydrogen-bond acceptors (Lipinski definition) is 7. The van der Waals surface area contributed by atoms with Crippen LogP contribution in [0.15, 0.2) is 24.3 Å². The maximum Gasteiger partial charge on any atom is 0.255 e. The van der Waals surface area contributed by atoms with Gasteiger partial charge < -0.3 is 35.0 Å². The summed E-state index contributed by atoms with van der Waals surface area (Å²) < 4.78 is 11.5. The van der Waals surface area contributed by atoms with Crippen LogP contribution in [0.2, 0.25) is 0 Å². The third-order valence-electron chi connectivity index (χ3n) is 5.98. The molecular formula is C24H34N4O7. The lowest BCUT2D eigenvalue weighted by Gasteiger charge is -2.37. The van der Waals surface area contributed by atoms with Gasteiger partial charge in [-0.15, -0.1) is 0 Å². The SMILES string of the molecule is C[C@@H]1CN(C(=O)[C@@H]2CC(=O)N[C@@H]([C@@H](C)O)C(=O)N(C)CCOc3ccccc3C(=O)N2)C[C@H](C)O1. The van der Waals surface area contributed by atoms with Gasteiger partial charge in [-0.2, -0.15) is 0 Å². The molecule has 1 aromatic carbocycles. The van der Waals surface area contributed by atoms with Crippen molar-refractivity contribution >= 4 is 23.6 Å². The molecule has 5 atom stereocenters. The first-order chi connectivity index (χ1) is 16.6. The van der Waals surface area contributed by atoms with Gasteiger partial charge in [-0.3, -0.25) is 19.2 Å². The first kappa shape index (κ1) is 26.4. The number of ether oxygens (including phenoxy) is 2. The molecule has 0 saturated carbocycles. The van der Waals surface area contributed by atoms with Crippen LogP contribution in [0.25, 0.3) is 0 Å². The summed E-state index contributed by atoms with van der Waals surface area (Å²) in [5, 5.41) is 15.3. The zero-order valence-electron chi connectivity index (χ0n) is 20.5. The molecule has 1 fully saturated rings. The topological polar surface area (TPSA) is 138 Å². The summed E-state index contributed by atoms with van der Waals surface area (Å²) in [6, 6.07) is 4.16. The number of carbonyl (C=O) groups excluding carboxylic acids is 4. The molecule has 0 unspecified atom stereocenters. The number of aliphatic hydroxyl groups excluding tert-OH is 1. The fourth-order valence-corrected chi connectivity index (χ4v) is 4.24. The second kappa shape index (κ2) is 11.5. The Morgan fingerprint density at radius 1 is 1.11 bits per heavy atom. The number of hydrogen-bond donors (Lipinski definition) is 3. The first-order valence-corrected chi connectivity index (χ1v) is 11.8. The van der Waals surface area contributed by atoms with E-state index in [2.05, 4.69) is 10.6 Å². The fraction of sp³-hybridized carbons (Fsp3) is 0.583. The van der Waals surface area contributed by atoms with Crippen molar-refractivity contribution in [1.29, 1.82) is 0 Å². The number of likely N-dealkylation sites (N-methyl/N-ethyl adjacent to an activating group) is 1. The van der Waals surface area contributed by atoms with E-state index in [4.69, 9.17) is 9.47 Å². The summed E-state index contributed by atoms with van der Waals surface area (Å²) in [5.41, 5.74) is 0.210. The highest BCUT2D eigenvalue weighted by Crippen LogP contribution is 2.19. The second-order valence-electron chi connectivity index (χ2n) is 9.12. The largest absolute Gasteiger partial charge is 0.491 e. The lowest BCUT2D eigenvalue weighted by molar-refractivity contribution is -0.146. The van der Waals surface area contributed by atoms with Gasteiger partial charge in [0.1, 0.15) is 24.4 Å². The fourth-order valence-electron chi connectivity index (χ4n) is 4.24.